The minimum absolute atomic E-state index is 0.251. The van der Waals surface area contributed by atoms with E-state index in [1.54, 1.807) is 48.5 Å². The molecule has 3 rings (SSSR count). The van der Waals surface area contributed by atoms with Crippen molar-refractivity contribution < 1.29 is 24.2 Å². The number of anilines is 1. The number of nitrogens with zero attached hydrogens (tertiary/aromatic N) is 1. The molecule has 1 amide bonds. The molecule has 1 aliphatic heterocycles. The van der Waals surface area contributed by atoms with Gasteiger partial charge in [-0.2, -0.15) is 0 Å². The maximum atomic E-state index is 12.6. The first-order valence-electron chi connectivity index (χ1n) is 7.72. The normalized spacial score (nSPS) is 16.1. The van der Waals surface area contributed by atoms with Gasteiger partial charge in [-0.15, -0.1) is 0 Å². The number of carboxylic acid groups (broad SMARTS) is 1. The van der Waals surface area contributed by atoms with Crippen LogP contribution in [0.5, 0.6) is 11.5 Å². The van der Waals surface area contributed by atoms with Gasteiger partial charge in [-0.1, -0.05) is 23.7 Å². The first-order chi connectivity index (χ1) is 12.0. The topological polar surface area (TPSA) is 76.1 Å². The second kappa shape index (κ2) is 7.44. The van der Waals surface area contributed by atoms with Crippen molar-refractivity contribution in [2.45, 2.75) is 12.5 Å². The number of para-hydroxylation sites is 2. The Morgan fingerprint density at radius 1 is 1.20 bits per heavy atom. The number of hydrogen-bond acceptors (Lipinski definition) is 4. The Hall–Kier alpha value is -2.73. The fourth-order valence-corrected chi connectivity index (χ4v) is 2.71. The Morgan fingerprint density at radius 3 is 2.64 bits per heavy atom. The number of fused-ring (bicyclic) bond motifs is 1. The van der Waals surface area contributed by atoms with E-state index in [1.807, 2.05) is 0 Å². The van der Waals surface area contributed by atoms with E-state index in [4.69, 9.17) is 26.2 Å². The zero-order chi connectivity index (χ0) is 17.8. The molecule has 1 unspecified atom stereocenters. The van der Waals surface area contributed by atoms with E-state index in [-0.39, 0.29) is 25.5 Å². The van der Waals surface area contributed by atoms with Crippen LogP contribution < -0.4 is 14.4 Å². The number of aliphatic carboxylic acids is 1. The van der Waals surface area contributed by atoms with Gasteiger partial charge < -0.3 is 19.5 Å². The number of amides is 1. The van der Waals surface area contributed by atoms with Gasteiger partial charge in [-0.25, -0.2) is 0 Å². The Labute approximate surface area is 149 Å². The molecule has 1 atom stereocenters. The first kappa shape index (κ1) is 17.1. The van der Waals surface area contributed by atoms with Crippen LogP contribution in [0, 0.1) is 0 Å². The summed E-state index contributed by atoms with van der Waals surface area (Å²) in [7, 11) is 0. The Bertz CT molecular complexity index is 777. The van der Waals surface area contributed by atoms with E-state index < -0.39 is 12.1 Å². The van der Waals surface area contributed by atoms with Crippen molar-refractivity contribution in [3.05, 3.63) is 53.6 Å². The lowest BCUT2D eigenvalue weighted by Crippen LogP contribution is -2.48. The fraction of sp³-hybridized carbons (Fsp3) is 0.222. The third-order valence-corrected chi connectivity index (χ3v) is 3.98. The minimum Gasteiger partial charge on any atom is -0.492 e. The van der Waals surface area contributed by atoms with Crippen LogP contribution in [0.1, 0.15) is 6.42 Å². The number of carboxylic acids is 1. The molecule has 2 aromatic carbocycles. The summed E-state index contributed by atoms with van der Waals surface area (Å²) in [4.78, 5) is 25.0. The summed E-state index contributed by atoms with van der Waals surface area (Å²) in [5.74, 6) is -0.351. The van der Waals surface area contributed by atoms with Gasteiger partial charge in [0.2, 0.25) is 0 Å². The highest BCUT2D eigenvalue weighted by atomic mass is 35.5. The lowest BCUT2D eigenvalue weighted by atomic mass is 10.1. The Balaban J connectivity index is 1.72. The number of carbonyl (C=O) groups is 2. The highest BCUT2D eigenvalue weighted by molar-refractivity contribution is 6.30. The van der Waals surface area contributed by atoms with E-state index in [0.717, 1.165) is 0 Å². The Morgan fingerprint density at radius 2 is 1.92 bits per heavy atom. The van der Waals surface area contributed by atoms with Gasteiger partial charge in [0, 0.05) is 5.02 Å². The molecule has 0 radical (unpaired) electrons. The summed E-state index contributed by atoms with van der Waals surface area (Å²) >= 11 is 5.83. The van der Waals surface area contributed by atoms with Crippen LogP contribution in [0.15, 0.2) is 48.5 Å². The van der Waals surface area contributed by atoms with Gasteiger partial charge in [0.05, 0.1) is 18.7 Å². The number of ether oxygens (including phenoxy) is 2. The highest BCUT2D eigenvalue weighted by Gasteiger charge is 2.35. The molecule has 130 valence electrons. The smallest absolute Gasteiger partial charge is 0.307 e. The molecule has 25 heavy (non-hydrogen) atoms. The van der Waals surface area contributed by atoms with Crippen molar-refractivity contribution in [2.75, 3.05) is 18.1 Å². The number of rotatable bonds is 6. The molecule has 2 aromatic rings. The van der Waals surface area contributed by atoms with Crippen LogP contribution in [-0.4, -0.2) is 36.2 Å². The van der Waals surface area contributed by atoms with Gasteiger partial charge in [0.15, 0.2) is 6.10 Å². The summed E-state index contributed by atoms with van der Waals surface area (Å²) in [5, 5.41) is 9.59. The zero-order valence-corrected chi connectivity index (χ0v) is 14.0. The Kier molecular flexibility index (Phi) is 5.09. The average Bonchev–Trinajstić information content (AvgIpc) is 2.59. The lowest BCUT2D eigenvalue weighted by Gasteiger charge is -2.33. The van der Waals surface area contributed by atoms with Crippen LogP contribution in [0.25, 0.3) is 0 Å². The van der Waals surface area contributed by atoms with Crippen LogP contribution >= 0.6 is 11.6 Å². The summed E-state index contributed by atoms with van der Waals surface area (Å²) in [6.07, 6.45) is -1.43. The molecule has 0 spiro atoms. The van der Waals surface area contributed by atoms with Crippen molar-refractivity contribution in [3.63, 3.8) is 0 Å². The van der Waals surface area contributed by atoms with Gasteiger partial charge in [0.1, 0.15) is 18.1 Å². The van der Waals surface area contributed by atoms with Gasteiger partial charge in [-0.05, 0) is 36.4 Å². The molecule has 7 heteroatoms. The van der Waals surface area contributed by atoms with Gasteiger partial charge >= 0.3 is 5.97 Å². The fourth-order valence-electron chi connectivity index (χ4n) is 2.58. The predicted octanol–water partition coefficient (Wildman–Crippen LogP) is 2.99. The quantitative estimate of drug-likeness (QED) is 0.856. The molecule has 0 bridgehead atoms. The number of carbonyl (C=O) groups excluding carboxylic acids is 1. The average molecular weight is 362 g/mol. The summed E-state index contributed by atoms with van der Waals surface area (Å²) in [6, 6.07) is 13.9. The molecule has 0 aliphatic carbocycles. The van der Waals surface area contributed by atoms with Crippen molar-refractivity contribution in [2.24, 2.45) is 0 Å². The summed E-state index contributed by atoms with van der Waals surface area (Å²) in [5.41, 5.74) is 0.605. The van der Waals surface area contributed by atoms with Crippen molar-refractivity contribution in [1.82, 2.24) is 0 Å². The van der Waals surface area contributed by atoms with Crippen molar-refractivity contribution >= 4 is 29.2 Å². The molecule has 0 saturated heterocycles. The highest BCUT2D eigenvalue weighted by Crippen LogP contribution is 2.34. The second-order valence-electron chi connectivity index (χ2n) is 5.46. The number of halogens is 1. The molecule has 0 fully saturated rings. The molecular formula is C18H16ClNO5. The van der Waals surface area contributed by atoms with E-state index in [2.05, 4.69) is 0 Å². The molecule has 1 aliphatic rings. The molecule has 0 aromatic heterocycles. The van der Waals surface area contributed by atoms with Crippen LogP contribution in [0.2, 0.25) is 5.02 Å². The maximum absolute atomic E-state index is 12.6. The standard InChI is InChI=1S/C18H16ClNO5/c19-12-5-7-13(8-6-12)24-10-9-20-14-3-1-2-4-15(14)25-16(18(20)23)11-17(21)22/h1-8,16H,9-11H2,(H,21,22). The number of hydrogen-bond donors (Lipinski definition) is 1. The van der Waals surface area contributed by atoms with E-state index >= 15 is 0 Å². The summed E-state index contributed by atoms with van der Waals surface area (Å²) in [6.45, 7) is 0.527. The van der Waals surface area contributed by atoms with Gasteiger partial charge in [0.25, 0.3) is 5.91 Å². The first-order valence-corrected chi connectivity index (χ1v) is 8.09. The van der Waals surface area contributed by atoms with Gasteiger partial charge in [-0.3, -0.25) is 9.59 Å². The second-order valence-corrected chi connectivity index (χ2v) is 5.90. The largest absolute Gasteiger partial charge is 0.492 e. The minimum atomic E-state index is -1.09. The molecule has 6 nitrogen and oxygen atoms in total. The van der Waals surface area contributed by atoms with Crippen molar-refractivity contribution in [1.29, 1.82) is 0 Å². The zero-order valence-electron chi connectivity index (χ0n) is 13.2. The monoisotopic (exact) mass is 361 g/mol. The molecule has 0 saturated carbocycles. The molecular weight excluding hydrogens is 346 g/mol. The maximum Gasteiger partial charge on any atom is 0.307 e. The number of benzene rings is 2. The van der Waals surface area contributed by atoms with E-state index in [9.17, 15) is 9.59 Å². The van der Waals surface area contributed by atoms with Crippen LogP contribution in [0.3, 0.4) is 0 Å². The third kappa shape index (κ3) is 4.03. The summed E-state index contributed by atoms with van der Waals surface area (Å²) < 4.78 is 11.2. The third-order valence-electron chi connectivity index (χ3n) is 3.72. The van der Waals surface area contributed by atoms with Crippen molar-refractivity contribution in [3.8, 4) is 11.5 Å². The van der Waals surface area contributed by atoms with E-state index in [0.29, 0.717) is 22.2 Å². The molecule has 1 N–H and O–H groups in total. The molecule has 1 heterocycles. The SMILES string of the molecule is O=C(O)CC1Oc2ccccc2N(CCOc2ccc(Cl)cc2)C1=O. The predicted molar refractivity (Wildman–Crippen MR) is 92.4 cm³/mol. The van der Waals surface area contributed by atoms with Crippen LogP contribution in [0.4, 0.5) is 5.69 Å². The van der Waals surface area contributed by atoms with E-state index in [1.165, 1.54) is 4.90 Å². The lowest BCUT2D eigenvalue weighted by molar-refractivity contribution is -0.142. The van der Waals surface area contributed by atoms with Crippen LogP contribution in [-0.2, 0) is 9.59 Å².